The summed E-state index contributed by atoms with van der Waals surface area (Å²) in [5, 5.41) is 0. The molecule has 0 heterocycles. The highest BCUT2D eigenvalue weighted by atomic mass is 19.4. The summed E-state index contributed by atoms with van der Waals surface area (Å²) in [4.78, 5) is 0. The topological polar surface area (TPSA) is 9.23 Å². The maximum atomic E-state index is 12.3. The summed E-state index contributed by atoms with van der Waals surface area (Å²) in [6.45, 7) is 0.385. The lowest BCUT2D eigenvalue weighted by Gasteiger charge is -2.06. The molecular formula is C11H11F3O. The molecular weight excluding hydrogens is 205 g/mol. The zero-order chi connectivity index (χ0) is 11.3. The predicted octanol–water partition coefficient (Wildman–Crippen LogP) is 3.37. The van der Waals surface area contributed by atoms with Crippen LogP contribution in [0.25, 0.3) is 6.08 Å². The molecule has 0 saturated heterocycles. The molecule has 0 fully saturated rings. The van der Waals surface area contributed by atoms with E-state index in [1.165, 1.54) is 13.2 Å². The molecule has 82 valence electrons. The largest absolute Gasteiger partial charge is 0.416 e. The van der Waals surface area contributed by atoms with Crippen molar-refractivity contribution in [3.63, 3.8) is 0 Å². The fourth-order valence-electron chi connectivity index (χ4n) is 1.10. The van der Waals surface area contributed by atoms with E-state index in [1.807, 2.05) is 0 Å². The quantitative estimate of drug-likeness (QED) is 0.752. The zero-order valence-corrected chi connectivity index (χ0v) is 8.21. The summed E-state index contributed by atoms with van der Waals surface area (Å²) in [6, 6.07) is 5.15. The van der Waals surface area contributed by atoms with E-state index < -0.39 is 11.7 Å². The van der Waals surface area contributed by atoms with Gasteiger partial charge in [0.1, 0.15) is 0 Å². The van der Waals surface area contributed by atoms with Crippen LogP contribution in [0.15, 0.2) is 30.3 Å². The van der Waals surface area contributed by atoms with Crippen LogP contribution in [0, 0.1) is 0 Å². The number of rotatable bonds is 3. The molecule has 0 aliphatic carbocycles. The molecule has 0 aliphatic rings. The number of halogens is 3. The van der Waals surface area contributed by atoms with Gasteiger partial charge < -0.3 is 4.74 Å². The van der Waals surface area contributed by atoms with Crippen LogP contribution in [0.2, 0.25) is 0 Å². The second kappa shape index (κ2) is 4.98. The van der Waals surface area contributed by atoms with Crippen LogP contribution in [0.1, 0.15) is 11.1 Å². The van der Waals surface area contributed by atoms with Crippen molar-refractivity contribution in [2.75, 3.05) is 13.7 Å². The molecule has 15 heavy (non-hydrogen) atoms. The number of alkyl halides is 3. The highest BCUT2D eigenvalue weighted by Crippen LogP contribution is 2.29. The van der Waals surface area contributed by atoms with Gasteiger partial charge in [0.2, 0.25) is 0 Å². The lowest BCUT2D eigenvalue weighted by atomic mass is 10.1. The third-order valence-electron chi connectivity index (χ3n) is 1.79. The molecule has 0 saturated carbocycles. The molecule has 0 bridgehead atoms. The fraction of sp³-hybridized carbons (Fsp3) is 0.273. The van der Waals surface area contributed by atoms with E-state index in [0.717, 1.165) is 12.1 Å². The van der Waals surface area contributed by atoms with Gasteiger partial charge in [-0.3, -0.25) is 0 Å². The third kappa shape index (κ3) is 3.75. The van der Waals surface area contributed by atoms with E-state index in [9.17, 15) is 13.2 Å². The average Bonchev–Trinajstić information content (AvgIpc) is 2.17. The van der Waals surface area contributed by atoms with Crippen molar-refractivity contribution in [2.45, 2.75) is 6.18 Å². The smallest absolute Gasteiger partial charge is 0.381 e. The summed E-state index contributed by atoms with van der Waals surface area (Å²) in [5.74, 6) is 0. The van der Waals surface area contributed by atoms with Crippen molar-refractivity contribution in [1.82, 2.24) is 0 Å². The van der Waals surface area contributed by atoms with Crippen molar-refractivity contribution < 1.29 is 17.9 Å². The minimum absolute atomic E-state index is 0.385. The first kappa shape index (κ1) is 11.8. The molecule has 0 N–H and O–H groups in total. The number of hydrogen-bond donors (Lipinski definition) is 0. The molecule has 1 aromatic rings. The lowest BCUT2D eigenvalue weighted by molar-refractivity contribution is -0.137. The first-order valence-electron chi connectivity index (χ1n) is 4.37. The van der Waals surface area contributed by atoms with Crippen LogP contribution >= 0.6 is 0 Å². The Kier molecular flexibility index (Phi) is 3.91. The van der Waals surface area contributed by atoms with E-state index in [0.29, 0.717) is 12.2 Å². The molecule has 0 aromatic heterocycles. The van der Waals surface area contributed by atoms with Gasteiger partial charge in [0.25, 0.3) is 0 Å². The monoisotopic (exact) mass is 216 g/mol. The van der Waals surface area contributed by atoms with E-state index in [-0.39, 0.29) is 0 Å². The Morgan fingerprint density at radius 3 is 2.67 bits per heavy atom. The second-order valence-electron chi connectivity index (χ2n) is 2.98. The molecule has 0 atom stereocenters. The number of ether oxygens (including phenoxy) is 1. The van der Waals surface area contributed by atoms with Crippen molar-refractivity contribution in [1.29, 1.82) is 0 Å². The molecule has 1 nitrogen and oxygen atoms in total. The maximum absolute atomic E-state index is 12.3. The van der Waals surface area contributed by atoms with Crippen molar-refractivity contribution >= 4 is 6.08 Å². The van der Waals surface area contributed by atoms with Gasteiger partial charge in [-0.15, -0.1) is 0 Å². The number of benzene rings is 1. The van der Waals surface area contributed by atoms with Crippen LogP contribution in [0.5, 0.6) is 0 Å². The Morgan fingerprint density at radius 2 is 2.07 bits per heavy atom. The van der Waals surface area contributed by atoms with Gasteiger partial charge in [-0.05, 0) is 17.7 Å². The van der Waals surface area contributed by atoms with Crippen LogP contribution in [0.4, 0.5) is 13.2 Å². The minimum atomic E-state index is -4.29. The van der Waals surface area contributed by atoms with Gasteiger partial charge in [-0.1, -0.05) is 24.3 Å². The van der Waals surface area contributed by atoms with E-state index in [4.69, 9.17) is 4.74 Å². The van der Waals surface area contributed by atoms with E-state index in [2.05, 4.69) is 0 Å². The van der Waals surface area contributed by atoms with Gasteiger partial charge in [0.15, 0.2) is 0 Å². The van der Waals surface area contributed by atoms with Gasteiger partial charge in [0.05, 0.1) is 12.2 Å². The van der Waals surface area contributed by atoms with Crippen LogP contribution in [0.3, 0.4) is 0 Å². The Hall–Kier alpha value is -1.29. The highest BCUT2D eigenvalue weighted by Gasteiger charge is 2.30. The Labute approximate surface area is 86.2 Å². The standard InChI is InChI=1S/C11H11F3O/c1-15-7-3-5-9-4-2-6-10(8-9)11(12,13)14/h2-6,8H,7H2,1H3/b5-3+. The average molecular weight is 216 g/mol. The Balaban J connectivity index is 2.84. The maximum Gasteiger partial charge on any atom is 0.416 e. The third-order valence-corrected chi connectivity index (χ3v) is 1.79. The van der Waals surface area contributed by atoms with Gasteiger partial charge in [0, 0.05) is 7.11 Å². The Bertz CT molecular complexity index is 342. The Morgan fingerprint density at radius 1 is 1.33 bits per heavy atom. The first-order chi connectivity index (χ1) is 7.04. The summed E-state index contributed by atoms with van der Waals surface area (Å²) >= 11 is 0. The van der Waals surface area contributed by atoms with Crippen LogP contribution < -0.4 is 0 Å². The van der Waals surface area contributed by atoms with Crippen LogP contribution in [-0.4, -0.2) is 13.7 Å². The minimum Gasteiger partial charge on any atom is -0.381 e. The summed E-state index contributed by atoms with van der Waals surface area (Å²) in [5.41, 5.74) is -0.121. The van der Waals surface area contributed by atoms with Gasteiger partial charge in [-0.25, -0.2) is 0 Å². The normalized spacial score (nSPS) is 12.3. The summed E-state index contributed by atoms with van der Waals surface area (Å²) < 4.78 is 41.7. The van der Waals surface area contributed by atoms with Crippen molar-refractivity contribution in [2.24, 2.45) is 0 Å². The second-order valence-corrected chi connectivity index (χ2v) is 2.98. The highest BCUT2D eigenvalue weighted by molar-refractivity contribution is 5.50. The molecule has 1 rings (SSSR count). The van der Waals surface area contributed by atoms with E-state index in [1.54, 1.807) is 18.2 Å². The zero-order valence-electron chi connectivity index (χ0n) is 8.21. The molecule has 0 radical (unpaired) electrons. The molecule has 0 aliphatic heterocycles. The fourth-order valence-corrected chi connectivity index (χ4v) is 1.10. The summed E-state index contributed by atoms with van der Waals surface area (Å²) in [7, 11) is 1.52. The number of methoxy groups -OCH3 is 1. The molecule has 4 heteroatoms. The van der Waals surface area contributed by atoms with Crippen molar-refractivity contribution in [3.05, 3.63) is 41.5 Å². The number of hydrogen-bond acceptors (Lipinski definition) is 1. The van der Waals surface area contributed by atoms with Crippen molar-refractivity contribution in [3.8, 4) is 0 Å². The SMILES string of the molecule is COC/C=C/c1cccc(C(F)(F)F)c1. The van der Waals surface area contributed by atoms with E-state index >= 15 is 0 Å². The van der Waals surface area contributed by atoms with Crippen LogP contribution in [-0.2, 0) is 10.9 Å². The molecule has 0 amide bonds. The lowest BCUT2D eigenvalue weighted by Crippen LogP contribution is -2.04. The first-order valence-corrected chi connectivity index (χ1v) is 4.37. The molecule has 0 unspecified atom stereocenters. The predicted molar refractivity (Wildman–Crippen MR) is 52.4 cm³/mol. The van der Waals surface area contributed by atoms with Gasteiger partial charge >= 0.3 is 6.18 Å². The molecule has 0 spiro atoms. The van der Waals surface area contributed by atoms with Gasteiger partial charge in [-0.2, -0.15) is 13.2 Å². The molecule has 1 aromatic carbocycles. The summed E-state index contributed by atoms with van der Waals surface area (Å²) in [6.07, 6.45) is -1.03.